The molecule has 0 bridgehead atoms. The van der Waals surface area contributed by atoms with Crippen LogP contribution in [0.3, 0.4) is 0 Å². The molecule has 1 aromatic rings. The number of hydrogen-bond donors (Lipinski definition) is 1. The number of rotatable bonds is 4. The first-order valence-electron chi connectivity index (χ1n) is 5.99. The molecule has 2 rings (SSSR count). The maximum atomic E-state index is 11.2. The Morgan fingerprint density at radius 3 is 2.31 bits per heavy atom. The van der Waals surface area contributed by atoms with E-state index in [0.29, 0.717) is 0 Å². The van der Waals surface area contributed by atoms with Gasteiger partial charge < -0.3 is 5.11 Å². The molecule has 1 fully saturated rings. The van der Waals surface area contributed by atoms with Crippen LogP contribution in [0.4, 0.5) is 0 Å². The molecule has 1 aromatic carbocycles. The van der Waals surface area contributed by atoms with Crippen molar-refractivity contribution in [2.45, 2.75) is 44.9 Å². The van der Waals surface area contributed by atoms with Gasteiger partial charge in [0.05, 0.1) is 5.41 Å². The predicted octanol–water partition coefficient (Wildman–Crippen LogP) is 2.93. The lowest BCUT2D eigenvalue weighted by Crippen LogP contribution is -2.19. The largest absolute Gasteiger partial charge is 0.481 e. The van der Waals surface area contributed by atoms with Gasteiger partial charge in [-0.15, -0.1) is 0 Å². The van der Waals surface area contributed by atoms with Gasteiger partial charge in [0.15, 0.2) is 0 Å². The lowest BCUT2D eigenvalue weighted by molar-refractivity contribution is -0.140. The summed E-state index contributed by atoms with van der Waals surface area (Å²) < 4.78 is 0. The van der Waals surface area contributed by atoms with Gasteiger partial charge in [0, 0.05) is 0 Å². The quantitative estimate of drug-likeness (QED) is 0.843. The van der Waals surface area contributed by atoms with E-state index in [-0.39, 0.29) is 0 Å². The highest BCUT2D eigenvalue weighted by molar-refractivity contribution is 5.85. The van der Waals surface area contributed by atoms with E-state index in [2.05, 4.69) is 26.0 Å². The van der Waals surface area contributed by atoms with Crippen LogP contribution in [0.15, 0.2) is 18.2 Å². The van der Waals surface area contributed by atoms with Gasteiger partial charge in [-0.05, 0) is 42.4 Å². The molecule has 86 valence electrons. The molecule has 2 nitrogen and oxygen atoms in total. The monoisotopic (exact) mass is 218 g/mol. The normalized spacial score (nSPS) is 17.1. The third kappa shape index (κ3) is 1.62. The molecule has 0 heterocycles. The van der Waals surface area contributed by atoms with Crippen molar-refractivity contribution in [3.8, 4) is 0 Å². The second kappa shape index (κ2) is 3.93. The van der Waals surface area contributed by atoms with E-state index in [4.69, 9.17) is 0 Å². The lowest BCUT2D eigenvalue weighted by Gasteiger charge is -2.14. The fraction of sp³-hybridized carbons (Fsp3) is 0.500. The third-order valence-corrected chi connectivity index (χ3v) is 3.68. The second-order valence-electron chi connectivity index (χ2n) is 4.58. The summed E-state index contributed by atoms with van der Waals surface area (Å²) in [6.07, 6.45) is 3.57. The molecule has 1 aliphatic rings. The van der Waals surface area contributed by atoms with Crippen molar-refractivity contribution in [2.75, 3.05) is 0 Å². The summed E-state index contributed by atoms with van der Waals surface area (Å²) in [7, 11) is 0. The third-order valence-electron chi connectivity index (χ3n) is 3.68. The smallest absolute Gasteiger partial charge is 0.314 e. The summed E-state index contributed by atoms with van der Waals surface area (Å²) in [6, 6.07) is 6.19. The molecule has 0 radical (unpaired) electrons. The zero-order valence-electron chi connectivity index (χ0n) is 9.92. The fourth-order valence-corrected chi connectivity index (χ4v) is 2.35. The Labute approximate surface area is 96.3 Å². The van der Waals surface area contributed by atoms with Crippen molar-refractivity contribution in [2.24, 2.45) is 0 Å². The average molecular weight is 218 g/mol. The molecule has 0 aliphatic heterocycles. The maximum absolute atomic E-state index is 11.2. The van der Waals surface area contributed by atoms with Crippen LogP contribution in [0.5, 0.6) is 0 Å². The van der Waals surface area contributed by atoms with E-state index < -0.39 is 11.4 Å². The van der Waals surface area contributed by atoms with Gasteiger partial charge >= 0.3 is 5.97 Å². The Bertz CT molecular complexity index is 417. The van der Waals surface area contributed by atoms with Crippen molar-refractivity contribution in [1.29, 1.82) is 0 Å². The van der Waals surface area contributed by atoms with Gasteiger partial charge in [-0.3, -0.25) is 4.79 Å². The van der Waals surface area contributed by atoms with Crippen molar-refractivity contribution in [3.05, 3.63) is 34.9 Å². The van der Waals surface area contributed by atoms with Crippen molar-refractivity contribution in [1.82, 2.24) is 0 Å². The van der Waals surface area contributed by atoms with E-state index in [1.54, 1.807) is 0 Å². The molecule has 0 saturated heterocycles. The maximum Gasteiger partial charge on any atom is 0.314 e. The molecule has 16 heavy (non-hydrogen) atoms. The molecular formula is C14H18O2. The van der Waals surface area contributed by atoms with Crippen LogP contribution >= 0.6 is 0 Å². The highest BCUT2D eigenvalue weighted by Gasteiger charge is 2.51. The SMILES string of the molecule is CCc1ccc(C2(C(=O)O)CC2)cc1CC. The molecule has 0 spiro atoms. The molecule has 0 atom stereocenters. The van der Waals surface area contributed by atoms with Crippen LogP contribution in [0.1, 0.15) is 43.4 Å². The van der Waals surface area contributed by atoms with Crippen molar-refractivity contribution >= 4 is 5.97 Å². The lowest BCUT2D eigenvalue weighted by atomic mass is 9.91. The highest BCUT2D eigenvalue weighted by atomic mass is 16.4. The van der Waals surface area contributed by atoms with Gasteiger partial charge in [0.25, 0.3) is 0 Å². The molecular weight excluding hydrogens is 200 g/mol. The zero-order chi connectivity index (χ0) is 11.8. The summed E-state index contributed by atoms with van der Waals surface area (Å²) >= 11 is 0. The summed E-state index contributed by atoms with van der Waals surface area (Å²) in [4.78, 5) is 11.2. The number of carboxylic acids is 1. The minimum absolute atomic E-state index is 0.559. The molecule has 1 N–H and O–H groups in total. The Morgan fingerprint density at radius 2 is 1.88 bits per heavy atom. The Balaban J connectivity index is 2.40. The summed E-state index contributed by atoms with van der Waals surface area (Å²) in [5.41, 5.74) is 3.07. The zero-order valence-corrected chi connectivity index (χ0v) is 9.92. The molecule has 2 heteroatoms. The molecule has 0 unspecified atom stereocenters. The number of carboxylic acid groups (broad SMARTS) is 1. The first-order chi connectivity index (χ1) is 7.64. The van der Waals surface area contributed by atoms with Gasteiger partial charge in [0.1, 0.15) is 0 Å². The topological polar surface area (TPSA) is 37.3 Å². The first-order valence-corrected chi connectivity index (χ1v) is 5.99. The molecule has 1 saturated carbocycles. The Morgan fingerprint density at radius 1 is 1.25 bits per heavy atom. The molecule has 0 aromatic heterocycles. The number of aryl methyl sites for hydroxylation is 2. The standard InChI is InChI=1S/C14H18O2/c1-3-10-5-6-12(9-11(10)4-2)14(7-8-14)13(15)16/h5-6,9H,3-4,7-8H2,1-2H3,(H,15,16). The van der Waals surface area contributed by atoms with Gasteiger partial charge in [-0.2, -0.15) is 0 Å². The Hall–Kier alpha value is -1.31. The number of aliphatic carboxylic acids is 1. The fourth-order valence-electron chi connectivity index (χ4n) is 2.35. The van der Waals surface area contributed by atoms with Crippen LogP contribution in [-0.2, 0) is 23.1 Å². The number of carbonyl (C=O) groups is 1. The summed E-state index contributed by atoms with van der Waals surface area (Å²) in [5.74, 6) is -0.668. The van der Waals surface area contributed by atoms with Crippen molar-refractivity contribution in [3.63, 3.8) is 0 Å². The van der Waals surface area contributed by atoms with Gasteiger partial charge in [-0.25, -0.2) is 0 Å². The van der Waals surface area contributed by atoms with E-state index in [1.165, 1.54) is 11.1 Å². The van der Waals surface area contributed by atoms with Crippen LogP contribution in [0.25, 0.3) is 0 Å². The number of benzene rings is 1. The van der Waals surface area contributed by atoms with Gasteiger partial charge in [-0.1, -0.05) is 32.0 Å². The average Bonchev–Trinajstić information content (AvgIpc) is 3.09. The van der Waals surface area contributed by atoms with E-state index in [0.717, 1.165) is 31.2 Å². The summed E-state index contributed by atoms with van der Waals surface area (Å²) in [6.45, 7) is 4.26. The summed E-state index contributed by atoms with van der Waals surface area (Å²) in [5, 5.41) is 9.25. The highest BCUT2D eigenvalue weighted by Crippen LogP contribution is 2.48. The minimum Gasteiger partial charge on any atom is -0.481 e. The molecule has 1 aliphatic carbocycles. The minimum atomic E-state index is -0.668. The van der Waals surface area contributed by atoms with Crippen molar-refractivity contribution < 1.29 is 9.90 Å². The second-order valence-corrected chi connectivity index (χ2v) is 4.58. The van der Waals surface area contributed by atoms with E-state index in [1.807, 2.05) is 6.07 Å². The number of hydrogen-bond acceptors (Lipinski definition) is 1. The van der Waals surface area contributed by atoms with Crippen LogP contribution < -0.4 is 0 Å². The van der Waals surface area contributed by atoms with Gasteiger partial charge in [0.2, 0.25) is 0 Å². The van der Waals surface area contributed by atoms with Crippen LogP contribution in [0, 0.1) is 0 Å². The first kappa shape index (κ1) is 11.2. The molecule has 0 amide bonds. The predicted molar refractivity (Wildman–Crippen MR) is 63.7 cm³/mol. The van der Waals surface area contributed by atoms with Crippen LogP contribution in [-0.4, -0.2) is 11.1 Å². The van der Waals surface area contributed by atoms with E-state index in [9.17, 15) is 9.90 Å². The van der Waals surface area contributed by atoms with E-state index >= 15 is 0 Å². The Kier molecular flexibility index (Phi) is 2.75. The van der Waals surface area contributed by atoms with Crippen LogP contribution in [0.2, 0.25) is 0 Å².